The fraction of sp³-hybridized carbons (Fsp3) is 0.0909. The number of benzene rings is 1. The summed E-state index contributed by atoms with van der Waals surface area (Å²) >= 11 is 3.26. The number of rotatable bonds is 2. The van der Waals surface area contributed by atoms with Crippen LogP contribution in [0.2, 0.25) is 0 Å². The number of hydrogen-bond acceptors (Lipinski definition) is 4. The summed E-state index contributed by atoms with van der Waals surface area (Å²) in [5.74, 6) is -0.382. The van der Waals surface area contributed by atoms with Crippen LogP contribution in [0.15, 0.2) is 28.9 Å². The lowest BCUT2D eigenvalue weighted by Gasteiger charge is -2.08. The largest absolute Gasteiger partial charge is 0.319 e. The Labute approximate surface area is 110 Å². The third-order valence-electron chi connectivity index (χ3n) is 2.32. The predicted octanol–water partition coefficient (Wildman–Crippen LogP) is 2.86. The van der Waals surface area contributed by atoms with E-state index in [0.29, 0.717) is 15.4 Å². The zero-order valence-corrected chi connectivity index (χ0v) is 10.9. The van der Waals surface area contributed by atoms with E-state index in [9.17, 15) is 14.9 Å². The van der Waals surface area contributed by atoms with Crippen LogP contribution in [0.5, 0.6) is 0 Å². The molecule has 2 rings (SSSR count). The molecule has 1 amide bonds. The SMILES string of the molecule is CC(=O)Nc1c([N+](=O)[O-])cc(Br)c2cccnc12. The highest BCUT2D eigenvalue weighted by Gasteiger charge is 2.21. The number of amides is 1. The maximum absolute atomic E-state index is 11.1. The number of carbonyl (C=O) groups is 1. The molecule has 1 heterocycles. The third-order valence-corrected chi connectivity index (χ3v) is 2.98. The van der Waals surface area contributed by atoms with Gasteiger partial charge in [0.1, 0.15) is 11.2 Å². The van der Waals surface area contributed by atoms with Gasteiger partial charge in [0.25, 0.3) is 5.69 Å². The fourth-order valence-corrected chi connectivity index (χ4v) is 2.17. The van der Waals surface area contributed by atoms with E-state index < -0.39 is 4.92 Å². The molecule has 92 valence electrons. The van der Waals surface area contributed by atoms with Crippen molar-refractivity contribution in [2.45, 2.75) is 6.92 Å². The molecule has 1 N–H and O–H groups in total. The van der Waals surface area contributed by atoms with Crippen molar-refractivity contribution in [1.82, 2.24) is 4.98 Å². The molecule has 6 nitrogen and oxygen atoms in total. The van der Waals surface area contributed by atoms with Gasteiger partial charge >= 0.3 is 0 Å². The fourth-order valence-electron chi connectivity index (χ4n) is 1.63. The highest BCUT2D eigenvalue weighted by atomic mass is 79.9. The summed E-state index contributed by atoms with van der Waals surface area (Å²) in [5.41, 5.74) is 0.309. The average molecular weight is 310 g/mol. The molecule has 0 saturated carbocycles. The van der Waals surface area contributed by atoms with Gasteiger partial charge in [0.15, 0.2) is 0 Å². The summed E-state index contributed by atoms with van der Waals surface area (Å²) in [7, 11) is 0. The van der Waals surface area contributed by atoms with Crippen LogP contribution in [0.25, 0.3) is 10.9 Å². The summed E-state index contributed by atoms with van der Waals surface area (Å²) in [4.78, 5) is 25.7. The second-order valence-corrected chi connectivity index (χ2v) is 4.44. The molecular weight excluding hydrogens is 302 g/mol. The minimum Gasteiger partial charge on any atom is -0.319 e. The Hall–Kier alpha value is -2.02. The van der Waals surface area contributed by atoms with Gasteiger partial charge in [0.05, 0.1) is 4.92 Å². The van der Waals surface area contributed by atoms with Gasteiger partial charge in [-0.1, -0.05) is 6.07 Å². The molecule has 0 saturated heterocycles. The van der Waals surface area contributed by atoms with Crippen molar-refractivity contribution in [3.8, 4) is 0 Å². The van der Waals surface area contributed by atoms with Gasteiger partial charge in [0.2, 0.25) is 5.91 Å². The molecule has 0 spiro atoms. The highest BCUT2D eigenvalue weighted by Crippen LogP contribution is 2.36. The van der Waals surface area contributed by atoms with Crippen molar-refractivity contribution >= 4 is 44.1 Å². The predicted molar refractivity (Wildman–Crippen MR) is 70.4 cm³/mol. The van der Waals surface area contributed by atoms with Gasteiger partial charge < -0.3 is 5.32 Å². The number of hydrogen-bond donors (Lipinski definition) is 1. The van der Waals surface area contributed by atoms with Gasteiger partial charge in [-0.05, 0) is 22.0 Å². The molecule has 0 unspecified atom stereocenters. The van der Waals surface area contributed by atoms with Gasteiger partial charge in [-0.25, -0.2) is 0 Å². The van der Waals surface area contributed by atoms with Crippen LogP contribution in [-0.4, -0.2) is 15.8 Å². The smallest absolute Gasteiger partial charge is 0.296 e. The van der Waals surface area contributed by atoms with E-state index in [0.717, 1.165) is 0 Å². The van der Waals surface area contributed by atoms with E-state index in [1.807, 2.05) is 0 Å². The standard InChI is InChI=1S/C11H8BrN3O3/c1-6(16)14-11-9(15(17)18)5-8(12)7-3-2-4-13-10(7)11/h2-5H,1H3,(H,14,16). The Morgan fingerprint density at radius 2 is 2.28 bits per heavy atom. The molecule has 0 aliphatic rings. The molecule has 0 fully saturated rings. The van der Waals surface area contributed by atoms with E-state index in [2.05, 4.69) is 26.2 Å². The topological polar surface area (TPSA) is 85.1 Å². The summed E-state index contributed by atoms with van der Waals surface area (Å²) in [5, 5.41) is 14.2. The maximum atomic E-state index is 11.1. The van der Waals surface area contributed by atoms with Crippen molar-refractivity contribution < 1.29 is 9.72 Å². The first-order valence-corrected chi connectivity index (χ1v) is 5.79. The number of carbonyl (C=O) groups excluding carboxylic acids is 1. The number of nitro groups is 1. The molecule has 0 atom stereocenters. The van der Waals surface area contributed by atoms with Crippen LogP contribution in [-0.2, 0) is 4.79 Å². The van der Waals surface area contributed by atoms with E-state index in [1.54, 1.807) is 12.1 Å². The summed E-state index contributed by atoms with van der Waals surface area (Å²) < 4.78 is 0.561. The Kier molecular flexibility index (Phi) is 3.24. The molecule has 0 bridgehead atoms. The number of nitrogens with zero attached hydrogens (tertiary/aromatic N) is 2. The summed E-state index contributed by atoms with van der Waals surface area (Å²) in [6.07, 6.45) is 1.52. The molecule has 2 aromatic rings. The number of fused-ring (bicyclic) bond motifs is 1. The highest BCUT2D eigenvalue weighted by molar-refractivity contribution is 9.10. The second kappa shape index (κ2) is 4.69. The van der Waals surface area contributed by atoms with Gasteiger partial charge in [-0.2, -0.15) is 0 Å². The van der Waals surface area contributed by atoms with Gasteiger partial charge in [0, 0.05) is 29.0 Å². The van der Waals surface area contributed by atoms with Gasteiger partial charge in [-0.3, -0.25) is 19.9 Å². The zero-order chi connectivity index (χ0) is 13.3. The Morgan fingerprint density at radius 3 is 2.89 bits per heavy atom. The Bertz CT molecular complexity index is 657. The van der Waals surface area contributed by atoms with Gasteiger partial charge in [-0.15, -0.1) is 0 Å². The quantitative estimate of drug-likeness (QED) is 0.682. The molecule has 1 aromatic carbocycles. The third kappa shape index (κ3) is 2.17. The van der Waals surface area contributed by atoms with E-state index in [4.69, 9.17) is 0 Å². The minimum atomic E-state index is -0.551. The number of anilines is 1. The molecule has 7 heteroatoms. The number of halogens is 1. The van der Waals surface area contributed by atoms with Crippen LogP contribution in [0, 0.1) is 10.1 Å². The lowest BCUT2D eigenvalue weighted by molar-refractivity contribution is -0.383. The average Bonchev–Trinajstić information content (AvgIpc) is 2.32. The number of nitro benzene ring substituents is 1. The van der Waals surface area contributed by atoms with Crippen LogP contribution in [0.1, 0.15) is 6.92 Å². The van der Waals surface area contributed by atoms with Crippen LogP contribution in [0.4, 0.5) is 11.4 Å². The second-order valence-electron chi connectivity index (χ2n) is 3.59. The van der Waals surface area contributed by atoms with Crippen molar-refractivity contribution in [2.24, 2.45) is 0 Å². The molecule has 0 aliphatic carbocycles. The molecule has 0 aliphatic heterocycles. The first-order chi connectivity index (χ1) is 8.50. The molecule has 18 heavy (non-hydrogen) atoms. The lowest BCUT2D eigenvalue weighted by Crippen LogP contribution is -2.09. The first-order valence-electron chi connectivity index (χ1n) is 5.00. The maximum Gasteiger partial charge on any atom is 0.296 e. The number of aromatic nitrogens is 1. The molecule has 1 aromatic heterocycles. The van der Waals surface area contributed by atoms with Crippen molar-refractivity contribution in [3.63, 3.8) is 0 Å². The summed E-state index contributed by atoms with van der Waals surface area (Å²) in [6.45, 7) is 1.29. The number of nitrogens with one attached hydrogen (secondary N) is 1. The number of pyridine rings is 1. The zero-order valence-electron chi connectivity index (χ0n) is 9.31. The van der Waals surface area contributed by atoms with Crippen molar-refractivity contribution in [2.75, 3.05) is 5.32 Å². The van der Waals surface area contributed by atoms with Crippen LogP contribution in [0.3, 0.4) is 0 Å². The first kappa shape index (κ1) is 12.4. The lowest BCUT2D eigenvalue weighted by atomic mass is 10.1. The normalized spacial score (nSPS) is 10.3. The van der Waals surface area contributed by atoms with E-state index in [1.165, 1.54) is 19.2 Å². The van der Waals surface area contributed by atoms with E-state index in [-0.39, 0.29) is 17.3 Å². The summed E-state index contributed by atoms with van der Waals surface area (Å²) in [6, 6.07) is 4.84. The Balaban J connectivity index is 2.83. The molecular formula is C11H8BrN3O3. The van der Waals surface area contributed by atoms with Crippen molar-refractivity contribution in [3.05, 3.63) is 39.0 Å². The monoisotopic (exact) mass is 309 g/mol. The Morgan fingerprint density at radius 1 is 1.56 bits per heavy atom. The van der Waals surface area contributed by atoms with E-state index >= 15 is 0 Å². The van der Waals surface area contributed by atoms with Crippen LogP contribution >= 0.6 is 15.9 Å². The van der Waals surface area contributed by atoms with Crippen molar-refractivity contribution in [1.29, 1.82) is 0 Å². The molecule has 0 radical (unpaired) electrons. The minimum absolute atomic E-state index is 0.117. The van der Waals surface area contributed by atoms with Crippen LogP contribution < -0.4 is 5.32 Å².